The Morgan fingerprint density at radius 3 is 2.41 bits per heavy atom. The van der Waals surface area contributed by atoms with Crippen LogP contribution in [0.4, 0.5) is 11.5 Å². The van der Waals surface area contributed by atoms with Crippen LogP contribution in [0.5, 0.6) is 0 Å². The Hall–Kier alpha value is -3.63. The van der Waals surface area contributed by atoms with Crippen LogP contribution >= 0.6 is 0 Å². The highest BCUT2D eigenvalue weighted by atomic mass is 16.4. The zero-order chi connectivity index (χ0) is 20.1. The molecule has 2 rings (SSSR count). The van der Waals surface area contributed by atoms with Gasteiger partial charge in [0.1, 0.15) is 5.69 Å². The summed E-state index contributed by atoms with van der Waals surface area (Å²) < 4.78 is 2.97. The van der Waals surface area contributed by atoms with Gasteiger partial charge in [0.15, 0.2) is 5.82 Å². The van der Waals surface area contributed by atoms with Crippen LogP contribution in [0.25, 0.3) is 0 Å². The van der Waals surface area contributed by atoms with Crippen LogP contribution < -0.4 is 16.0 Å². The maximum atomic E-state index is 12.4. The third kappa shape index (κ3) is 5.17. The Labute approximate surface area is 154 Å². The topological polar surface area (TPSA) is 147 Å². The number of carbonyl (C=O) groups excluding carboxylic acids is 3. The van der Waals surface area contributed by atoms with E-state index >= 15 is 0 Å². The standard InChI is InChI=1S/C16H20N6O5/c1-9(23)18-12-8-22(3)14(20-12)16(27)19-10-6-11(21(2)7-10)15(26)17-5-4-13(24)25/h6-8H,4-5H2,1-3H3,(H,17,26)(H,18,23)(H,19,27)(H,24,25). The van der Waals surface area contributed by atoms with Crippen molar-refractivity contribution in [2.24, 2.45) is 14.1 Å². The van der Waals surface area contributed by atoms with Crippen LogP contribution in [0, 0.1) is 0 Å². The van der Waals surface area contributed by atoms with E-state index in [2.05, 4.69) is 20.9 Å². The largest absolute Gasteiger partial charge is 0.481 e. The fraction of sp³-hybridized carbons (Fsp3) is 0.312. The lowest BCUT2D eigenvalue weighted by molar-refractivity contribution is -0.136. The molecule has 0 aliphatic carbocycles. The van der Waals surface area contributed by atoms with Crippen LogP contribution in [0.15, 0.2) is 18.5 Å². The molecule has 2 heterocycles. The fourth-order valence-corrected chi connectivity index (χ4v) is 2.34. The predicted octanol–water partition coefficient (Wildman–Crippen LogP) is 0.174. The zero-order valence-corrected chi connectivity index (χ0v) is 15.1. The molecular formula is C16H20N6O5. The lowest BCUT2D eigenvalue weighted by Gasteiger charge is -2.03. The molecule has 0 saturated heterocycles. The van der Waals surface area contributed by atoms with E-state index in [-0.39, 0.29) is 36.2 Å². The number of anilines is 2. The molecule has 0 saturated carbocycles. The first-order valence-corrected chi connectivity index (χ1v) is 7.96. The van der Waals surface area contributed by atoms with E-state index in [0.717, 1.165) is 0 Å². The molecular weight excluding hydrogens is 356 g/mol. The molecule has 11 heteroatoms. The van der Waals surface area contributed by atoms with Crippen molar-refractivity contribution in [1.29, 1.82) is 0 Å². The molecule has 144 valence electrons. The van der Waals surface area contributed by atoms with Crippen molar-refractivity contribution in [2.45, 2.75) is 13.3 Å². The summed E-state index contributed by atoms with van der Waals surface area (Å²) in [6.45, 7) is 1.33. The number of aromatic nitrogens is 3. The molecule has 2 aromatic rings. The van der Waals surface area contributed by atoms with Gasteiger partial charge in [-0.25, -0.2) is 4.98 Å². The first-order valence-electron chi connectivity index (χ1n) is 7.96. The van der Waals surface area contributed by atoms with Gasteiger partial charge in [-0.05, 0) is 6.07 Å². The smallest absolute Gasteiger partial charge is 0.305 e. The van der Waals surface area contributed by atoms with Gasteiger partial charge < -0.3 is 30.2 Å². The number of hydrogen-bond donors (Lipinski definition) is 4. The summed E-state index contributed by atoms with van der Waals surface area (Å²) in [6.07, 6.45) is 2.86. The van der Waals surface area contributed by atoms with Crippen LogP contribution in [-0.4, -0.2) is 49.5 Å². The molecule has 3 amide bonds. The highest BCUT2D eigenvalue weighted by Crippen LogP contribution is 2.15. The van der Waals surface area contributed by atoms with Crippen molar-refractivity contribution in [3.05, 3.63) is 30.0 Å². The molecule has 0 aromatic carbocycles. The molecule has 0 aliphatic rings. The van der Waals surface area contributed by atoms with Crippen LogP contribution in [-0.2, 0) is 23.7 Å². The molecule has 0 fully saturated rings. The highest BCUT2D eigenvalue weighted by molar-refractivity contribution is 6.03. The molecule has 0 spiro atoms. The number of imidazole rings is 1. The SMILES string of the molecule is CC(=O)Nc1cn(C)c(C(=O)Nc2cc(C(=O)NCCC(=O)O)n(C)c2)n1. The van der Waals surface area contributed by atoms with Gasteiger partial charge in [-0.15, -0.1) is 0 Å². The first-order chi connectivity index (χ1) is 12.7. The van der Waals surface area contributed by atoms with Gasteiger partial charge in [-0.3, -0.25) is 19.2 Å². The third-order valence-corrected chi connectivity index (χ3v) is 3.50. The summed E-state index contributed by atoms with van der Waals surface area (Å²) >= 11 is 0. The van der Waals surface area contributed by atoms with E-state index < -0.39 is 17.8 Å². The Bertz CT molecular complexity index is 897. The number of carbonyl (C=O) groups is 4. The number of carboxylic acids is 1. The van der Waals surface area contributed by atoms with Gasteiger partial charge in [-0.2, -0.15) is 0 Å². The minimum atomic E-state index is -1.01. The van der Waals surface area contributed by atoms with Gasteiger partial charge in [0.25, 0.3) is 11.8 Å². The summed E-state index contributed by atoms with van der Waals surface area (Å²) in [6, 6.07) is 1.46. The monoisotopic (exact) mass is 376 g/mol. The quantitative estimate of drug-likeness (QED) is 0.542. The Kier molecular flexibility index (Phi) is 5.96. The minimum absolute atomic E-state index is 0.000233. The maximum absolute atomic E-state index is 12.4. The number of amides is 3. The lowest BCUT2D eigenvalue weighted by atomic mass is 10.3. The zero-order valence-electron chi connectivity index (χ0n) is 15.1. The van der Waals surface area contributed by atoms with E-state index in [9.17, 15) is 19.2 Å². The van der Waals surface area contributed by atoms with Crippen molar-refractivity contribution >= 4 is 35.2 Å². The number of carboxylic acid groups (broad SMARTS) is 1. The second kappa shape index (κ2) is 8.17. The molecule has 4 N–H and O–H groups in total. The minimum Gasteiger partial charge on any atom is -0.481 e. The number of hydrogen-bond acceptors (Lipinski definition) is 5. The van der Waals surface area contributed by atoms with Gasteiger partial charge in [-0.1, -0.05) is 0 Å². The van der Waals surface area contributed by atoms with Crippen molar-refractivity contribution in [3.8, 4) is 0 Å². The van der Waals surface area contributed by atoms with Crippen molar-refractivity contribution in [2.75, 3.05) is 17.2 Å². The molecule has 0 radical (unpaired) electrons. The van der Waals surface area contributed by atoms with Crippen LogP contribution in [0.3, 0.4) is 0 Å². The Morgan fingerprint density at radius 1 is 1.07 bits per heavy atom. The van der Waals surface area contributed by atoms with E-state index in [1.54, 1.807) is 20.3 Å². The Balaban J connectivity index is 2.06. The highest BCUT2D eigenvalue weighted by Gasteiger charge is 2.17. The summed E-state index contributed by atoms with van der Waals surface area (Å²) in [5, 5.41) is 16.2. The molecule has 0 unspecified atom stereocenters. The fourth-order valence-electron chi connectivity index (χ4n) is 2.34. The average Bonchev–Trinajstić information content (AvgIpc) is 3.08. The van der Waals surface area contributed by atoms with E-state index in [1.807, 2.05) is 0 Å². The summed E-state index contributed by atoms with van der Waals surface area (Å²) in [5.74, 6) is -1.95. The number of aryl methyl sites for hydroxylation is 2. The number of rotatable bonds is 7. The molecule has 0 aliphatic heterocycles. The van der Waals surface area contributed by atoms with Crippen LogP contribution in [0.1, 0.15) is 34.5 Å². The molecule has 0 atom stereocenters. The van der Waals surface area contributed by atoms with Crippen molar-refractivity contribution in [3.63, 3.8) is 0 Å². The summed E-state index contributed by atoms with van der Waals surface area (Å²) in [5.41, 5.74) is 0.629. The molecule has 11 nitrogen and oxygen atoms in total. The summed E-state index contributed by atoms with van der Waals surface area (Å²) in [7, 11) is 3.23. The number of nitrogens with zero attached hydrogens (tertiary/aromatic N) is 3. The Morgan fingerprint density at radius 2 is 1.78 bits per heavy atom. The van der Waals surface area contributed by atoms with Gasteiger partial charge in [0.2, 0.25) is 11.7 Å². The van der Waals surface area contributed by atoms with E-state index in [4.69, 9.17) is 5.11 Å². The van der Waals surface area contributed by atoms with Crippen LogP contribution in [0.2, 0.25) is 0 Å². The maximum Gasteiger partial charge on any atom is 0.305 e. The van der Waals surface area contributed by atoms with Gasteiger partial charge in [0.05, 0.1) is 12.1 Å². The molecule has 0 bridgehead atoms. The van der Waals surface area contributed by atoms with Crippen molar-refractivity contribution < 1.29 is 24.3 Å². The molecule has 27 heavy (non-hydrogen) atoms. The van der Waals surface area contributed by atoms with Crippen molar-refractivity contribution in [1.82, 2.24) is 19.4 Å². The normalized spacial score (nSPS) is 10.3. The number of nitrogens with one attached hydrogen (secondary N) is 3. The van der Waals surface area contributed by atoms with E-state index in [1.165, 1.54) is 28.3 Å². The lowest BCUT2D eigenvalue weighted by Crippen LogP contribution is -2.27. The average molecular weight is 376 g/mol. The second-order valence-electron chi connectivity index (χ2n) is 5.82. The van der Waals surface area contributed by atoms with E-state index in [0.29, 0.717) is 5.69 Å². The summed E-state index contributed by atoms with van der Waals surface area (Å²) in [4.78, 5) is 50.1. The third-order valence-electron chi connectivity index (χ3n) is 3.50. The first kappa shape index (κ1) is 19.7. The second-order valence-corrected chi connectivity index (χ2v) is 5.82. The van der Waals surface area contributed by atoms with Gasteiger partial charge in [0, 0.05) is 40.0 Å². The number of aliphatic carboxylic acids is 1. The van der Waals surface area contributed by atoms with Gasteiger partial charge >= 0.3 is 5.97 Å². The molecule has 2 aromatic heterocycles. The predicted molar refractivity (Wildman–Crippen MR) is 95.5 cm³/mol.